The van der Waals surface area contributed by atoms with Gasteiger partial charge in [0.15, 0.2) is 5.78 Å². The lowest BCUT2D eigenvalue weighted by Gasteiger charge is -2.26. The normalized spacial score (nSPS) is 16.6. The minimum Gasteiger partial charge on any atom is -0.493 e. The molecule has 1 aliphatic rings. The van der Waals surface area contributed by atoms with Crippen molar-refractivity contribution < 1.29 is 13.9 Å². The SMILES string of the molecule is C/C=C(/C(=O)C1COc2ccc(Cl)cc2C1)c1cnc(/C(=C/N)C(=N)F)cc1C(C)C. The lowest BCUT2D eigenvalue weighted by atomic mass is 9.84. The molecule has 0 aliphatic carbocycles. The highest BCUT2D eigenvalue weighted by molar-refractivity contribution is 6.30. The van der Waals surface area contributed by atoms with Gasteiger partial charge in [-0.2, -0.15) is 4.39 Å². The van der Waals surface area contributed by atoms with E-state index in [0.29, 0.717) is 22.6 Å². The fourth-order valence-corrected chi connectivity index (χ4v) is 3.97. The Morgan fingerprint density at radius 2 is 2.10 bits per heavy atom. The van der Waals surface area contributed by atoms with Gasteiger partial charge in [0.1, 0.15) is 5.75 Å². The maximum Gasteiger partial charge on any atom is 0.216 e. The number of hydrogen-bond acceptors (Lipinski definition) is 5. The number of hydrogen-bond donors (Lipinski definition) is 2. The van der Waals surface area contributed by atoms with Gasteiger partial charge in [-0.1, -0.05) is 31.5 Å². The third-order valence-corrected chi connectivity index (χ3v) is 5.62. The fourth-order valence-electron chi connectivity index (χ4n) is 3.77. The first-order valence-corrected chi connectivity index (χ1v) is 10.4. The van der Waals surface area contributed by atoms with Crippen LogP contribution in [0, 0.1) is 11.3 Å². The molecule has 0 fully saturated rings. The number of nitrogens with zero attached hydrogens (tertiary/aromatic N) is 1. The highest BCUT2D eigenvalue weighted by atomic mass is 35.5. The molecule has 3 rings (SSSR count). The predicted octanol–water partition coefficient (Wildman–Crippen LogP) is 5.33. The molecule has 1 aromatic heterocycles. The Labute approximate surface area is 186 Å². The molecule has 162 valence electrons. The summed E-state index contributed by atoms with van der Waals surface area (Å²) in [6.45, 7) is 6.05. The standard InChI is InChI=1S/C24H25ClFN3O2/c1-4-17(23(30)15-7-14-8-16(25)5-6-22(14)31-12-15)20-11-29-21(9-18(20)13(2)3)19(10-27)24(26)28/h4-6,8-11,13,15,28H,7,12,27H2,1-3H3/b17-4+,19-10-,28-24?. The van der Waals surface area contributed by atoms with Gasteiger partial charge in [-0.3, -0.25) is 15.2 Å². The van der Waals surface area contributed by atoms with Gasteiger partial charge in [0.05, 0.1) is 23.8 Å². The van der Waals surface area contributed by atoms with Gasteiger partial charge < -0.3 is 10.5 Å². The van der Waals surface area contributed by atoms with Crippen LogP contribution in [0.15, 0.2) is 42.7 Å². The molecule has 2 aromatic rings. The van der Waals surface area contributed by atoms with Crippen molar-refractivity contribution in [2.45, 2.75) is 33.1 Å². The summed E-state index contributed by atoms with van der Waals surface area (Å²) in [5, 5.41) is 7.88. The number of halogens is 2. The van der Waals surface area contributed by atoms with Gasteiger partial charge >= 0.3 is 0 Å². The second kappa shape index (κ2) is 9.43. The van der Waals surface area contributed by atoms with Gasteiger partial charge in [0.2, 0.25) is 5.97 Å². The van der Waals surface area contributed by atoms with Crippen LogP contribution in [0.2, 0.25) is 5.02 Å². The van der Waals surface area contributed by atoms with Crippen molar-refractivity contribution in [1.29, 1.82) is 5.41 Å². The molecule has 1 atom stereocenters. The summed E-state index contributed by atoms with van der Waals surface area (Å²) in [5.41, 5.74) is 8.61. The molecular formula is C24H25ClFN3O2. The average Bonchev–Trinajstić information content (AvgIpc) is 2.74. The van der Waals surface area contributed by atoms with Crippen molar-refractivity contribution in [3.05, 3.63) is 70.1 Å². The van der Waals surface area contributed by atoms with Gasteiger partial charge in [0.25, 0.3) is 0 Å². The van der Waals surface area contributed by atoms with E-state index in [2.05, 4.69) is 4.98 Å². The summed E-state index contributed by atoms with van der Waals surface area (Å²) >= 11 is 6.10. The molecule has 2 heterocycles. The van der Waals surface area contributed by atoms with Crippen molar-refractivity contribution in [3.63, 3.8) is 0 Å². The minimum absolute atomic E-state index is 0.0365. The van der Waals surface area contributed by atoms with Gasteiger partial charge in [-0.15, -0.1) is 0 Å². The van der Waals surface area contributed by atoms with Crippen LogP contribution < -0.4 is 10.5 Å². The van der Waals surface area contributed by atoms with Gasteiger partial charge in [-0.25, -0.2) is 0 Å². The molecule has 1 aromatic carbocycles. The topological polar surface area (TPSA) is 89.1 Å². The predicted molar refractivity (Wildman–Crippen MR) is 122 cm³/mol. The van der Waals surface area contributed by atoms with E-state index in [1.165, 1.54) is 0 Å². The molecule has 0 saturated heterocycles. The number of rotatable bonds is 6. The number of aromatic nitrogens is 1. The first-order chi connectivity index (χ1) is 14.8. The number of fused-ring (bicyclic) bond motifs is 1. The van der Waals surface area contributed by atoms with E-state index in [4.69, 9.17) is 27.5 Å². The molecular weight excluding hydrogens is 417 g/mol. The Kier molecular flexibility index (Phi) is 6.91. The van der Waals surface area contributed by atoms with Crippen LogP contribution in [0.25, 0.3) is 11.1 Å². The highest BCUT2D eigenvalue weighted by Gasteiger charge is 2.30. The largest absolute Gasteiger partial charge is 0.493 e. The molecule has 0 saturated carbocycles. The summed E-state index contributed by atoms with van der Waals surface area (Å²) in [5.74, 6) is -0.766. The van der Waals surface area contributed by atoms with E-state index < -0.39 is 5.97 Å². The Hall–Kier alpha value is -2.99. The summed E-state index contributed by atoms with van der Waals surface area (Å²) in [6.07, 6.45) is 4.89. The Morgan fingerprint density at radius 1 is 1.35 bits per heavy atom. The van der Waals surface area contributed by atoms with Crippen molar-refractivity contribution in [1.82, 2.24) is 4.98 Å². The number of Topliss-reactive ketones (excluding diaryl/α,β-unsaturated/α-hetero) is 1. The monoisotopic (exact) mass is 441 g/mol. The number of nitrogens with one attached hydrogen (secondary N) is 1. The van der Waals surface area contributed by atoms with Crippen LogP contribution in [-0.4, -0.2) is 23.3 Å². The number of pyridine rings is 1. The summed E-state index contributed by atoms with van der Waals surface area (Å²) in [6, 6.07) is 7.10. The van der Waals surface area contributed by atoms with Crippen molar-refractivity contribution in [2.24, 2.45) is 11.7 Å². The quantitative estimate of drug-likeness (QED) is 0.468. The number of nitrogens with two attached hydrogens (primary N) is 1. The molecule has 5 nitrogen and oxygen atoms in total. The second-order valence-electron chi connectivity index (χ2n) is 7.74. The van der Waals surface area contributed by atoms with Crippen LogP contribution in [0.1, 0.15) is 49.1 Å². The lowest BCUT2D eigenvalue weighted by molar-refractivity contribution is -0.118. The first kappa shape index (κ1) is 22.7. The Balaban J connectivity index is 1.97. The summed E-state index contributed by atoms with van der Waals surface area (Å²) in [4.78, 5) is 17.7. The molecule has 3 N–H and O–H groups in total. The average molecular weight is 442 g/mol. The second-order valence-corrected chi connectivity index (χ2v) is 8.17. The van der Waals surface area contributed by atoms with Crippen molar-refractivity contribution in [3.8, 4) is 5.75 Å². The Bertz CT molecular complexity index is 1090. The smallest absolute Gasteiger partial charge is 0.216 e. The van der Waals surface area contributed by atoms with Crippen LogP contribution in [-0.2, 0) is 11.2 Å². The van der Waals surface area contributed by atoms with E-state index >= 15 is 0 Å². The molecule has 0 spiro atoms. The van der Waals surface area contributed by atoms with Crippen LogP contribution >= 0.6 is 11.6 Å². The van der Waals surface area contributed by atoms with E-state index in [1.54, 1.807) is 24.4 Å². The zero-order chi connectivity index (χ0) is 22.7. The number of allylic oxidation sites excluding steroid dienone is 3. The number of ketones is 1. The van der Waals surface area contributed by atoms with Crippen LogP contribution in [0.4, 0.5) is 4.39 Å². The highest BCUT2D eigenvalue weighted by Crippen LogP contribution is 2.34. The van der Waals surface area contributed by atoms with Crippen LogP contribution in [0.3, 0.4) is 0 Å². The third-order valence-electron chi connectivity index (χ3n) is 5.38. The lowest BCUT2D eigenvalue weighted by Crippen LogP contribution is -2.29. The van der Waals surface area contributed by atoms with Gasteiger partial charge in [-0.05, 0) is 54.7 Å². The van der Waals surface area contributed by atoms with Crippen molar-refractivity contribution in [2.75, 3.05) is 6.61 Å². The number of carbonyl (C=O) groups is 1. The summed E-state index contributed by atoms with van der Waals surface area (Å²) in [7, 11) is 0. The van der Waals surface area contributed by atoms with Crippen molar-refractivity contribution >= 4 is 34.5 Å². The van der Waals surface area contributed by atoms with E-state index in [9.17, 15) is 9.18 Å². The maximum atomic E-state index is 13.5. The third kappa shape index (κ3) is 4.69. The maximum absolute atomic E-state index is 13.5. The zero-order valence-corrected chi connectivity index (χ0v) is 18.5. The fraction of sp³-hybridized carbons (Fsp3) is 0.292. The molecule has 1 unspecified atom stereocenters. The Morgan fingerprint density at radius 3 is 2.71 bits per heavy atom. The molecule has 31 heavy (non-hydrogen) atoms. The minimum atomic E-state index is -1.16. The molecule has 7 heteroatoms. The number of ether oxygens (including phenoxy) is 1. The molecule has 1 aliphatic heterocycles. The molecule has 0 radical (unpaired) electrons. The van der Waals surface area contributed by atoms with Gasteiger partial charge in [0, 0.05) is 28.6 Å². The van der Waals surface area contributed by atoms with E-state index in [-0.39, 0.29) is 35.5 Å². The summed E-state index contributed by atoms with van der Waals surface area (Å²) < 4.78 is 19.3. The first-order valence-electron chi connectivity index (χ1n) is 10.1. The molecule has 0 bridgehead atoms. The number of carbonyl (C=O) groups excluding carboxylic acids is 1. The molecule has 0 amide bonds. The van der Waals surface area contributed by atoms with Crippen LogP contribution in [0.5, 0.6) is 5.75 Å². The number of benzene rings is 1. The van der Waals surface area contributed by atoms with E-state index in [0.717, 1.165) is 23.1 Å². The zero-order valence-electron chi connectivity index (χ0n) is 17.7. The van der Waals surface area contributed by atoms with E-state index in [1.807, 2.05) is 32.9 Å².